The van der Waals surface area contributed by atoms with Crippen molar-refractivity contribution in [3.05, 3.63) is 54.1 Å². The number of rotatable bonds is 9. The summed E-state index contributed by atoms with van der Waals surface area (Å²) in [4.78, 5) is 11.1. The van der Waals surface area contributed by atoms with Crippen LogP contribution in [0.15, 0.2) is 54.1 Å². The van der Waals surface area contributed by atoms with Crippen molar-refractivity contribution >= 4 is 5.69 Å². The Kier molecular flexibility index (Phi) is 11.0. The maximum atomic E-state index is 12.6. The average molecular weight is 480 g/mol. The number of methoxy groups -OCH3 is 1. The summed E-state index contributed by atoms with van der Waals surface area (Å²) >= 11 is 0. The number of alkyl halides is 2. The van der Waals surface area contributed by atoms with Gasteiger partial charge in [-0.25, -0.2) is 0 Å². The molecule has 0 aliphatic carbocycles. The average Bonchev–Trinajstić information content (AvgIpc) is 2.85. The highest BCUT2D eigenvalue weighted by Crippen LogP contribution is 2.35. The van der Waals surface area contributed by atoms with Crippen LogP contribution in [0.1, 0.15) is 40.0 Å². The Hall–Kier alpha value is -2.97. The largest absolute Gasteiger partial charge is 0.494 e. The van der Waals surface area contributed by atoms with Crippen LogP contribution in [-0.2, 0) is 4.74 Å². The molecule has 3 rings (SSSR count). The van der Waals surface area contributed by atoms with Gasteiger partial charge in [-0.15, -0.1) is 0 Å². The second-order valence-corrected chi connectivity index (χ2v) is 7.92. The van der Waals surface area contributed by atoms with E-state index in [1.807, 2.05) is 26.0 Å². The van der Waals surface area contributed by atoms with Crippen molar-refractivity contribution in [3.8, 4) is 5.75 Å². The van der Waals surface area contributed by atoms with E-state index >= 15 is 0 Å². The Bertz CT molecular complexity index is 849. The number of allylic oxidation sites excluding steroid dienone is 3. The number of hydrogen-bond donors (Lipinski definition) is 1. The maximum Gasteiger partial charge on any atom is 0.388 e. The highest BCUT2D eigenvalue weighted by atomic mass is 19.3. The van der Waals surface area contributed by atoms with Gasteiger partial charge in [-0.2, -0.15) is 8.78 Å². The number of nitrogens with zero attached hydrogens (tertiary/aromatic N) is 4. The van der Waals surface area contributed by atoms with Gasteiger partial charge in [-0.3, -0.25) is 4.98 Å². The smallest absolute Gasteiger partial charge is 0.388 e. The lowest BCUT2D eigenvalue weighted by Crippen LogP contribution is -2.47. The summed E-state index contributed by atoms with van der Waals surface area (Å²) in [5.41, 5.74) is 1.82. The van der Waals surface area contributed by atoms with E-state index in [9.17, 15) is 8.78 Å². The van der Waals surface area contributed by atoms with E-state index in [0.29, 0.717) is 6.54 Å². The molecule has 1 saturated heterocycles. The zero-order valence-electron chi connectivity index (χ0n) is 21.2. The van der Waals surface area contributed by atoms with E-state index in [1.165, 1.54) is 5.82 Å². The van der Waals surface area contributed by atoms with Gasteiger partial charge in [-0.1, -0.05) is 20.8 Å². The van der Waals surface area contributed by atoms with Gasteiger partial charge >= 0.3 is 6.61 Å². The highest BCUT2D eigenvalue weighted by Gasteiger charge is 2.30. The summed E-state index contributed by atoms with van der Waals surface area (Å²) in [7, 11) is 5.79. The predicted molar refractivity (Wildman–Crippen MR) is 133 cm³/mol. The quantitative estimate of drug-likeness (QED) is 0.548. The number of pyridine rings is 1. The Morgan fingerprint density at radius 1 is 1.26 bits per heavy atom. The van der Waals surface area contributed by atoms with E-state index in [0.717, 1.165) is 49.5 Å². The third-order valence-corrected chi connectivity index (χ3v) is 5.64. The fraction of sp³-hybridized carbons (Fsp3) is 0.560. The first-order valence-electron chi connectivity index (χ1n) is 11.9. The number of hydrogen-bond acceptors (Lipinski definition) is 7. The summed E-state index contributed by atoms with van der Waals surface area (Å²) < 4.78 is 35.3. The Morgan fingerprint density at radius 2 is 1.97 bits per heavy atom. The van der Waals surface area contributed by atoms with Crippen LogP contribution < -0.4 is 15.0 Å². The molecule has 0 spiro atoms. The number of ether oxygens (including phenoxy) is 2. The minimum Gasteiger partial charge on any atom is -0.494 e. The molecule has 34 heavy (non-hydrogen) atoms. The zero-order chi connectivity index (χ0) is 25.1. The second-order valence-electron chi connectivity index (χ2n) is 7.92. The summed E-state index contributed by atoms with van der Waals surface area (Å²) in [5, 5.41) is 2.95. The van der Waals surface area contributed by atoms with E-state index < -0.39 is 6.61 Å². The normalized spacial score (nSPS) is 16.6. The number of aromatic nitrogens is 1. The van der Waals surface area contributed by atoms with Crippen LogP contribution in [-0.4, -0.2) is 68.3 Å². The summed E-state index contributed by atoms with van der Waals surface area (Å²) in [6, 6.07) is 2.05. The van der Waals surface area contributed by atoms with Crippen LogP contribution in [0.3, 0.4) is 0 Å². The first-order chi connectivity index (χ1) is 16.4. The molecule has 0 amide bonds. The van der Waals surface area contributed by atoms with Crippen molar-refractivity contribution < 1.29 is 18.3 Å². The van der Waals surface area contributed by atoms with Crippen LogP contribution in [0.4, 0.5) is 14.5 Å². The van der Waals surface area contributed by atoms with E-state index in [4.69, 9.17) is 4.74 Å². The van der Waals surface area contributed by atoms with Gasteiger partial charge in [0, 0.05) is 51.2 Å². The standard InChI is InChI=1S/C23H33F2N5O2.C2H6/c1-5-6-22(28(2)3)29-13-10-17(11-14-29)30(19-16-26-12-9-20(19)31-4)18-7-8-21(27-15-18)32-23(24)25;1-2/h6-9,12,16-17,23,27H,5,10-11,13-15H2,1-4H3;1-2H3/b22-6+;. The predicted octanol–water partition coefficient (Wildman–Crippen LogP) is 4.77. The van der Waals surface area contributed by atoms with Crippen molar-refractivity contribution in [1.29, 1.82) is 0 Å². The Labute approximate surface area is 202 Å². The first-order valence-corrected chi connectivity index (χ1v) is 11.9. The lowest BCUT2D eigenvalue weighted by molar-refractivity contribution is -0.101. The molecule has 1 N–H and O–H groups in total. The van der Waals surface area contributed by atoms with Crippen molar-refractivity contribution in [1.82, 2.24) is 20.1 Å². The van der Waals surface area contributed by atoms with E-state index in [1.54, 1.807) is 25.6 Å². The molecule has 9 heteroatoms. The lowest BCUT2D eigenvalue weighted by atomic mass is 10.0. The molecule has 0 unspecified atom stereocenters. The number of dihydropyridines is 1. The first kappa shape index (κ1) is 27.3. The third kappa shape index (κ3) is 7.01. The van der Waals surface area contributed by atoms with Gasteiger partial charge in [-0.05, 0) is 37.5 Å². The molecule has 3 heterocycles. The van der Waals surface area contributed by atoms with Crippen LogP contribution in [0.5, 0.6) is 5.75 Å². The van der Waals surface area contributed by atoms with Gasteiger partial charge in [0.15, 0.2) is 5.88 Å². The van der Waals surface area contributed by atoms with Gasteiger partial charge in [0.1, 0.15) is 11.4 Å². The third-order valence-electron chi connectivity index (χ3n) is 5.64. The molecule has 0 aromatic carbocycles. The minimum atomic E-state index is -2.86. The molecule has 7 nitrogen and oxygen atoms in total. The summed E-state index contributed by atoms with van der Waals surface area (Å²) in [6.07, 6.45) is 12.0. The second kappa shape index (κ2) is 13.7. The fourth-order valence-corrected chi connectivity index (χ4v) is 4.25. The zero-order valence-corrected chi connectivity index (χ0v) is 21.2. The number of nitrogens with one attached hydrogen (secondary N) is 1. The number of piperidine rings is 1. The molecule has 1 aromatic rings. The minimum absolute atomic E-state index is 0.0667. The van der Waals surface area contributed by atoms with E-state index in [2.05, 4.69) is 56.8 Å². The molecule has 0 radical (unpaired) electrons. The molecular weight excluding hydrogens is 440 g/mol. The van der Waals surface area contributed by atoms with Crippen molar-refractivity contribution in [2.45, 2.75) is 52.7 Å². The molecule has 1 fully saturated rings. The molecule has 0 bridgehead atoms. The van der Waals surface area contributed by atoms with Gasteiger partial charge in [0.2, 0.25) is 0 Å². The Balaban J connectivity index is 0.00000199. The molecule has 1 aromatic heterocycles. The number of likely N-dealkylation sites (tertiary alicyclic amines) is 1. The molecule has 0 atom stereocenters. The van der Waals surface area contributed by atoms with Crippen LogP contribution in [0, 0.1) is 0 Å². The Morgan fingerprint density at radius 3 is 2.50 bits per heavy atom. The fourth-order valence-electron chi connectivity index (χ4n) is 4.25. The number of halogens is 2. The molecule has 190 valence electrons. The SMILES string of the molecule is CC.CC/C=C(\N(C)C)N1CCC(N(C2=CC=C(OC(F)F)NC2)c2cnccc2OC)CC1. The van der Waals surface area contributed by atoms with Gasteiger partial charge in [0.05, 0.1) is 25.7 Å². The lowest BCUT2D eigenvalue weighted by Gasteiger charge is -2.43. The van der Waals surface area contributed by atoms with Crippen LogP contribution in [0.25, 0.3) is 0 Å². The summed E-state index contributed by atoms with van der Waals surface area (Å²) in [5.74, 6) is 2.03. The summed E-state index contributed by atoms with van der Waals surface area (Å²) in [6.45, 7) is 5.50. The van der Waals surface area contributed by atoms with E-state index in [-0.39, 0.29) is 11.9 Å². The van der Waals surface area contributed by atoms with Crippen molar-refractivity contribution in [3.63, 3.8) is 0 Å². The van der Waals surface area contributed by atoms with Crippen LogP contribution >= 0.6 is 0 Å². The molecule has 0 saturated carbocycles. The van der Waals surface area contributed by atoms with Crippen LogP contribution in [0.2, 0.25) is 0 Å². The monoisotopic (exact) mass is 479 g/mol. The molecule has 2 aliphatic heterocycles. The molecule has 2 aliphatic rings. The van der Waals surface area contributed by atoms with Crippen molar-refractivity contribution in [2.75, 3.05) is 45.7 Å². The maximum absolute atomic E-state index is 12.6. The van der Waals surface area contributed by atoms with Gasteiger partial charge in [0.25, 0.3) is 0 Å². The van der Waals surface area contributed by atoms with Crippen molar-refractivity contribution in [2.24, 2.45) is 0 Å². The highest BCUT2D eigenvalue weighted by molar-refractivity contribution is 5.62. The van der Waals surface area contributed by atoms with Gasteiger partial charge < -0.3 is 29.5 Å². The topological polar surface area (TPSA) is 53.1 Å². The number of anilines is 1. The molecular formula is C25H39F2N5O2.